The minimum atomic E-state index is 0.279. The molecule has 0 unspecified atom stereocenters. The molecule has 1 aliphatic rings. The number of carbonyl (C=O) groups excluding carboxylic acids is 1. The molecule has 0 aromatic heterocycles. The summed E-state index contributed by atoms with van der Waals surface area (Å²) < 4.78 is 0. The minimum Gasteiger partial charge on any atom is -0.319 e. The van der Waals surface area contributed by atoms with Crippen molar-refractivity contribution in [1.29, 1.82) is 0 Å². The Hall–Kier alpha value is -0.790. The number of amides is 1. The summed E-state index contributed by atoms with van der Waals surface area (Å²) in [5.41, 5.74) is 0. The Kier molecular flexibility index (Phi) is 3.14. The van der Waals surface area contributed by atoms with Crippen molar-refractivity contribution in [1.82, 2.24) is 4.90 Å². The first-order chi connectivity index (χ1) is 5.34. The topological polar surface area (TPSA) is 20.3 Å². The average Bonchev–Trinajstić information content (AvgIpc) is 2.03. The van der Waals surface area contributed by atoms with Gasteiger partial charge in [0, 0.05) is 19.2 Å². The van der Waals surface area contributed by atoms with E-state index in [0.29, 0.717) is 6.42 Å². The minimum absolute atomic E-state index is 0.279. The van der Waals surface area contributed by atoms with Gasteiger partial charge in [-0.3, -0.25) is 4.79 Å². The highest BCUT2D eigenvalue weighted by atomic mass is 16.2. The van der Waals surface area contributed by atoms with Gasteiger partial charge in [-0.05, 0) is 12.8 Å². The van der Waals surface area contributed by atoms with Crippen LogP contribution in [0.5, 0.6) is 0 Å². The number of nitrogens with zero attached hydrogens (tertiary/aromatic N) is 1. The van der Waals surface area contributed by atoms with E-state index in [4.69, 9.17) is 0 Å². The molecule has 2 heteroatoms. The molecule has 0 N–H and O–H groups in total. The molecular formula is C9H15NO. The molecule has 0 saturated heterocycles. The normalized spacial score (nSPS) is 17.5. The molecule has 0 spiro atoms. The molecule has 0 saturated carbocycles. The lowest BCUT2D eigenvalue weighted by atomic mass is 10.2. The zero-order chi connectivity index (χ0) is 8.10. The molecule has 0 fully saturated rings. The summed E-state index contributed by atoms with van der Waals surface area (Å²) in [6, 6.07) is 0. The fourth-order valence-corrected chi connectivity index (χ4v) is 1.16. The second-order valence-corrected chi connectivity index (χ2v) is 2.86. The zero-order valence-electron chi connectivity index (χ0n) is 7.05. The fourth-order valence-electron chi connectivity index (χ4n) is 1.16. The molecule has 0 bridgehead atoms. The zero-order valence-corrected chi connectivity index (χ0v) is 7.05. The number of unbranched alkanes of at least 4 members (excludes halogenated alkanes) is 1. The van der Waals surface area contributed by atoms with Gasteiger partial charge in [0.15, 0.2) is 0 Å². The van der Waals surface area contributed by atoms with Gasteiger partial charge < -0.3 is 4.90 Å². The van der Waals surface area contributed by atoms with E-state index in [1.54, 1.807) is 0 Å². The fraction of sp³-hybridized carbons (Fsp3) is 0.667. The maximum Gasteiger partial charge on any atom is 0.226 e. The summed E-state index contributed by atoms with van der Waals surface area (Å²) >= 11 is 0. The SMILES string of the molecule is CCCCN1C=CCCC1=O. The Morgan fingerprint density at radius 2 is 2.45 bits per heavy atom. The third-order valence-electron chi connectivity index (χ3n) is 1.88. The number of rotatable bonds is 3. The van der Waals surface area contributed by atoms with Crippen molar-refractivity contribution in [2.45, 2.75) is 32.6 Å². The van der Waals surface area contributed by atoms with Crippen LogP contribution in [0.3, 0.4) is 0 Å². The summed E-state index contributed by atoms with van der Waals surface area (Å²) in [5.74, 6) is 0.279. The summed E-state index contributed by atoms with van der Waals surface area (Å²) in [5, 5.41) is 0. The van der Waals surface area contributed by atoms with Gasteiger partial charge in [-0.2, -0.15) is 0 Å². The summed E-state index contributed by atoms with van der Waals surface area (Å²) in [6.07, 6.45) is 7.86. The van der Waals surface area contributed by atoms with Crippen molar-refractivity contribution in [2.75, 3.05) is 6.54 Å². The van der Waals surface area contributed by atoms with Crippen molar-refractivity contribution >= 4 is 5.91 Å². The van der Waals surface area contributed by atoms with Crippen molar-refractivity contribution in [2.24, 2.45) is 0 Å². The molecule has 1 aliphatic heterocycles. The Balaban J connectivity index is 2.35. The van der Waals surface area contributed by atoms with E-state index < -0.39 is 0 Å². The van der Waals surface area contributed by atoms with Crippen LogP contribution in [-0.4, -0.2) is 17.4 Å². The molecule has 1 rings (SSSR count). The van der Waals surface area contributed by atoms with Gasteiger partial charge in [0.2, 0.25) is 5.91 Å². The molecule has 0 aliphatic carbocycles. The van der Waals surface area contributed by atoms with E-state index in [0.717, 1.165) is 25.8 Å². The van der Waals surface area contributed by atoms with Crippen LogP contribution in [0.2, 0.25) is 0 Å². The van der Waals surface area contributed by atoms with Gasteiger partial charge in [-0.25, -0.2) is 0 Å². The third-order valence-corrected chi connectivity index (χ3v) is 1.88. The smallest absolute Gasteiger partial charge is 0.226 e. The van der Waals surface area contributed by atoms with E-state index in [1.807, 2.05) is 11.1 Å². The molecule has 2 nitrogen and oxygen atoms in total. The van der Waals surface area contributed by atoms with Crippen LogP contribution in [0.25, 0.3) is 0 Å². The van der Waals surface area contributed by atoms with Gasteiger partial charge in [0.05, 0.1) is 0 Å². The van der Waals surface area contributed by atoms with Crippen LogP contribution < -0.4 is 0 Å². The lowest BCUT2D eigenvalue weighted by molar-refractivity contribution is -0.129. The maximum absolute atomic E-state index is 11.2. The summed E-state index contributed by atoms with van der Waals surface area (Å²) in [7, 11) is 0. The number of hydrogen-bond donors (Lipinski definition) is 0. The van der Waals surface area contributed by atoms with E-state index in [-0.39, 0.29) is 5.91 Å². The summed E-state index contributed by atoms with van der Waals surface area (Å²) in [6.45, 7) is 3.03. The molecule has 0 atom stereocenters. The first kappa shape index (κ1) is 8.31. The molecule has 1 amide bonds. The van der Waals surface area contributed by atoms with Crippen molar-refractivity contribution < 1.29 is 4.79 Å². The first-order valence-electron chi connectivity index (χ1n) is 4.30. The van der Waals surface area contributed by atoms with Gasteiger partial charge in [0.25, 0.3) is 0 Å². The highest BCUT2D eigenvalue weighted by molar-refractivity contribution is 5.78. The second-order valence-electron chi connectivity index (χ2n) is 2.86. The molecule has 0 radical (unpaired) electrons. The standard InChI is InChI=1S/C9H15NO/c1-2-3-7-10-8-5-4-6-9(10)11/h5,8H,2-4,6-7H2,1H3. The lowest BCUT2D eigenvalue weighted by Gasteiger charge is -2.20. The van der Waals surface area contributed by atoms with Crippen LogP contribution in [0.15, 0.2) is 12.3 Å². The molecule has 0 aromatic carbocycles. The number of allylic oxidation sites excluding steroid dienone is 1. The number of hydrogen-bond acceptors (Lipinski definition) is 1. The van der Waals surface area contributed by atoms with E-state index in [2.05, 4.69) is 13.0 Å². The molecule has 62 valence electrons. The number of carbonyl (C=O) groups is 1. The van der Waals surface area contributed by atoms with Crippen LogP contribution in [0.1, 0.15) is 32.6 Å². The molecule has 1 heterocycles. The second kappa shape index (κ2) is 4.16. The van der Waals surface area contributed by atoms with Crippen LogP contribution in [0.4, 0.5) is 0 Å². The Morgan fingerprint density at radius 3 is 3.09 bits per heavy atom. The van der Waals surface area contributed by atoms with Crippen molar-refractivity contribution in [3.63, 3.8) is 0 Å². The van der Waals surface area contributed by atoms with Gasteiger partial charge in [-0.15, -0.1) is 0 Å². The molecule has 11 heavy (non-hydrogen) atoms. The Morgan fingerprint density at radius 1 is 1.64 bits per heavy atom. The van der Waals surface area contributed by atoms with Crippen LogP contribution in [-0.2, 0) is 4.79 Å². The van der Waals surface area contributed by atoms with E-state index in [1.165, 1.54) is 0 Å². The van der Waals surface area contributed by atoms with Crippen LogP contribution >= 0.6 is 0 Å². The molecule has 0 aromatic rings. The van der Waals surface area contributed by atoms with Crippen molar-refractivity contribution in [3.8, 4) is 0 Å². The van der Waals surface area contributed by atoms with Crippen molar-refractivity contribution in [3.05, 3.63) is 12.3 Å². The quantitative estimate of drug-likeness (QED) is 0.606. The van der Waals surface area contributed by atoms with E-state index in [9.17, 15) is 4.79 Å². The van der Waals surface area contributed by atoms with E-state index >= 15 is 0 Å². The summed E-state index contributed by atoms with van der Waals surface area (Å²) in [4.78, 5) is 13.0. The Labute approximate surface area is 67.9 Å². The van der Waals surface area contributed by atoms with Gasteiger partial charge in [0.1, 0.15) is 0 Å². The Bertz CT molecular complexity index is 163. The third kappa shape index (κ3) is 2.37. The first-order valence-corrected chi connectivity index (χ1v) is 4.30. The predicted octanol–water partition coefficient (Wildman–Crippen LogP) is 1.92. The maximum atomic E-state index is 11.2. The molecular weight excluding hydrogens is 138 g/mol. The van der Waals surface area contributed by atoms with Gasteiger partial charge in [-0.1, -0.05) is 19.4 Å². The van der Waals surface area contributed by atoms with Gasteiger partial charge >= 0.3 is 0 Å². The highest BCUT2D eigenvalue weighted by Gasteiger charge is 2.11. The lowest BCUT2D eigenvalue weighted by Crippen LogP contribution is -2.28. The monoisotopic (exact) mass is 153 g/mol. The largest absolute Gasteiger partial charge is 0.319 e. The average molecular weight is 153 g/mol. The highest BCUT2D eigenvalue weighted by Crippen LogP contribution is 2.08. The predicted molar refractivity (Wildman–Crippen MR) is 45.0 cm³/mol. The van der Waals surface area contributed by atoms with Crippen LogP contribution in [0, 0.1) is 0 Å².